The lowest BCUT2D eigenvalue weighted by Crippen LogP contribution is -2.48. The molecular weight excluding hydrogens is 338 g/mol. The van der Waals surface area contributed by atoms with E-state index < -0.39 is 27.3 Å². The molecule has 5 N–H and O–H groups in total. The van der Waals surface area contributed by atoms with Crippen molar-refractivity contribution in [1.29, 1.82) is 0 Å². The third-order valence-electron chi connectivity index (χ3n) is 3.88. The first kappa shape index (κ1) is 18.0. The number of hydrazine groups is 1. The Bertz CT molecular complexity index is 696. The van der Waals surface area contributed by atoms with Gasteiger partial charge in [0.2, 0.25) is 10.0 Å². The van der Waals surface area contributed by atoms with E-state index in [2.05, 4.69) is 15.6 Å². The lowest BCUT2D eigenvalue weighted by atomic mass is 9.95. The first-order chi connectivity index (χ1) is 11.3. The molecule has 1 saturated carbocycles. The maximum absolute atomic E-state index is 12.2. The van der Waals surface area contributed by atoms with Crippen molar-refractivity contribution in [2.45, 2.75) is 37.0 Å². The summed E-state index contributed by atoms with van der Waals surface area (Å²) in [4.78, 5) is 24.5. The molecule has 1 aliphatic rings. The second-order valence-electron chi connectivity index (χ2n) is 5.57. The Labute approximate surface area is 139 Å². The van der Waals surface area contributed by atoms with E-state index in [9.17, 15) is 18.0 Å². The molecule has 0 atom stereocenters. The predicted molar refractivity (Wildman–Crippen MR) is 84.8 cm³/mol. The van der Waals surface area contributed by atoms with Gasteiger partial charge in [-0.2, -0.15) is 0 Å². The van der Waals surface area contributed by atoms with E-state index in [-0.39, 0.29) is 17.4 Å². The number of carbonyl (C=O) groups excluding carboxylic acids is 1. The fraction of sp³-hybridized carbons (Fsp3) is 0.429. The number of carboxylic acid groups (broad SMARTS) is 1. The van der Waals surface area contributed by atoms with Gasteiger partial charge in [-0.15, -0.1) is 4.83 Å². The quantitative estimate of drug-likeness (QED) is 0.486. The van der Waals surface area contributed by atoms with Crippen LogP contribution in [0.3, 0.4) is 0 Å². The van der Waals surface area contributed by atoms with Crippen molar-refractivity contribution in [2.75, 3.05) is 0 Å². The molecule has 1 aromatic carbocycles. The van der Waals surface area contributed by atoms with Gasteiger partial charge in [-0.25, -0.2) is 13.2 Å². The van der Waals surface area contributed by atoms with Crippen LogP contribution < -0.4 is 15.6 Å². The number of phenolic OH excluding ortho intramolecular Hbond substituents is 1. The van der Waals surface area contributed by atoms with Crippen LogP contribution in [0.1, 0.15) is 36.0 Å². The summed E-state index contributed by atoms with van der Waals surface area (Å²) in [5.41, 5.74) is 2.33. The van der Waals surface area contributed by atoms with Crippen molar-refractivity contribution in [3.8, 4) is 5.75 Å². The van der Waals surface area contributed by atoms with E-state index in [1.54, 1.807) is 0 Å². The molecule has 0 heterocycles. The summed E-state index contributed by atoms with van der Waals surface area (Å²) in [5, 5.41) is 19.5. The Morgan fingerprint density at radius 1 is 1.04 bits per heavy atom. The maximum Gasteiger partial charge on any atom is 0.404 e. The number of phenols is 1. The van der Waals surface area contributed by atoms with Gasteiger partial charge >= 0.3 is 6.09 Å². The fourth-order valence-corrected chi connectivity index (χ4v) is 3.87. The second-order valence-corrected chi connectivity index (χ2v) is 7.53. The predicted octanol–water partition coefficient (Wildman–Crippen LogP) is 0.535. The van der Waals surface area contributed by atoms with Crippen LogP contribution >= 0.6 is 0 Å². The van der Waals surface area contributed by atoms with Gasteiger partial charge < -0.3 is 15.5 Å². The van der Waals surface area contributed by atoms with E-state index in [1.165, 1.54) is 24.3 Å². The van der Waals surface area contributed by atoms with Crippen LogP contribution in [0.25, 0.3) is 0 Å². The summed E-state index contributed by atoms with van der Waals surface area (Å²) in [5.74, 6) is -0.640. The minimum atomic E-state index is -3.75. The van der Waals surface area contributed by atoms with Crippen LogP contribution in [0, 0.1) is 0 Å². The summed E-state index contributed by atoms with van der Waals surface area (Å²) in [6.07, 6.45) is 0.318. The number of amides is 2. The van der Waals surface area contributed by atoms with Crippen LogP contribution in [0.15, 0.2) is 24.3 Å². The summed E-state index contributed by atoms with van der Waals surface area (Å²) in [6, 6.07) is 5.12. The zero-order chi connectivity index (χ0) is 17.7. The van der Waals surface area contributed by atoms with Crippen molar-refractivity contribution in [1.82, 2.24) is 15.6 Å². The monoisotopic (exact) mass is 357 g/mol. The van der Waals surface area contributed by atoms with Gasteiger partial charge in [0, 0.05) is 11.6 Å². The SMILES string of the molecule is O=C(O)N[C@H]1CC[C@@H](S(=O)(=O)NNC(=O)c2ccc(O)cc2)CC1. The number of hydrogen-bond donors (Lipinski definition) is 5. The molecule has 10 heteroatoms. The van der Waals surface area contributed by atoms with Crippen LogP contribution in [0.4, 0.5) is 4.79 Å². The summed E-state index contributed by atoms with van der Waals surface area (Å²) < 4.78 is 24.4. The number of hydrogen-bond acceptors (Lipinski definition) is 5. The molecule has 9 nitrogen and oxygen atoms in total. The van der Waals surface area contributed by atoms with Crippen LogP contribution in [0.2, 0.25) is 0 Å². The van der Waals surface area contributed by atoms with Crippen LogP contribution in [-0.2, 0) is 10.0 Å². The average molecular weight is 357 g/mol. The van der Waals surface area contributed by atoms with Gasteiger partial charge in [-0.3, -0.25) is 10.2 Å². The molecule has 2 rings (SSSR count). The molecule has 1 aliphatic carbocycles. The topological polar surface area (TPSA) is 145 Å². The molecule has 24 heavy (non-hydrogen) atoms. The highest BCUT2D eigenvalue weighted by molar-refractivity contribution is 7.90. The first-order valence-electron chi connectivity index (χ1n) is 7.37. The van der Waals surface area contributed by atoms with Crippen LogP contribution in [0.5, 0.6) is 5.75 Å². The van der Waals surface area contributed by atoms with Gasteiger partial charge in [0.25, 0.3) is 5.91 Å². The molecule has 132 valence electrons. The lowest BCUT2D eigenvalue weighted by Gasteiger charge is -2.28. The van der Waals surface area contributed by atoms with Crippen molar-refractivity contribution in [2.24, 2.45) is 0 Å². The molecule has 0 bridgehead atoms. The van der Waals surface area contributed by atoms with Crippen molar-refractivity contribution in [3.05, 3.63) is 29.8 Å². The van der Waals surface area contributed by atoms with Crippen molar-refractivity contribution in [3.63, 3.8) is 0 Å². The second kappa shape index (κ2) is 7.49. The van der Waals surface area contributed by atoms with Crippen LogP contribution in [-0.4, -0.2) is 41.9 Å². The molecule has 1 fully saturated rings. The molecule has 0 spiro atoms. The maximum atomic E-state index is 12.2. The number of sulfonamides is 1. The molecule has 0 radical (unpaired) electrons. The number of rotatable bonds is 5. The molecule has 1 aromatic rings. The molecule has 0 unspecified atom stereocenters. The molecule has 0 aromatic heterocycles. The smallest absolute Gasteiger partial charge is 0.404 e. The zero-order valence-corrected chi connectivity index (χ0v) is 13.5. The Hall–Kier alpha value is -2.33. The molecule has 0 aliphatic heterocycles. The number of benzene rings is 1. The number of carbonyl (C=O) groups is 2. The summed E-state index contributed by atoms with van der Waals surface area (Å²) >= 11 is 0. The largest absolute Gasteiger partial charge is 0.508 e. The Morgan fingerprint density at radius 2 is 1.62 bits per heavy atom. The summed E-state index contributed by atoms with van der Waals surface area (Å²) in [7, 11) is -3.75. The van der Waals surface area contributed by atoms with Gasteiger partial charge in [0.15, 0.2) is 0 Å². The summed E-state index contributed by atoms with van der Waals surface area (Å²) in [6.45, 7) is 0. The minimum absolute atomic E-state index is 0.00105. The third kappa shape index (κ3) is 4.83. The number of aromatic hydroxyl groups is 1. The highest BCUT2D eigenvalue weighted by atomic mass is 32.2. The number of nitrogens with one attached hydrogen (secondary N) is 3. The van der Waals surface area contributed by atoms with E-state index in [0.29, 0.717) is 25.7 Å². The third-order valence-corrected chi connectivity index (χ3v) is 5.61. The standard InChI is InChI=1S/C14H19N3O6S/c18-11-5-1-9(2-6-11)13(19)16-17-24(22,23)12-7-3-10(4-8-12)15-14(20)21/h1-2,5-6,10,12,15,17-18H,3-4,7-8H2,(H,16,19)(H,20,21)/t10-,12+. The van der Waals surface area contributed by atoms with E-state index in [1.807, 2.05) is 0 Å². The average Bonchev–Trinajstić information content (AvgIpc) is 2.53. The van der Waals surface area contributed by atoms with E-state index in [4.69, 9.17) is 10.2 Å². The molecule has 2 amide bonds. The minimum Gasteiger partial charge on any atom is -0.508 e. The van der Waals surface area contributed by atoms with Crippen molar-refractivity contribution >= 4 is 22.0 Å². The van der Waals surface area contributed by atoms with Gasteiger partial charge in [0.1, 0.15) is 5.75 Å². The van der Waals surface area contributed by atoms with Gasteiger partial charge in [0.05, 0.1) is 5.25 Å². The Kier molecular flexibility index (Phi) is 5.62. The first-order valence-corrected chi connectivity index (χ1v) is 8.92. The highest BCUT2D eigenvalue weighted by Crippen LogP contribution is 2.23. The van der Waals surface area contributed by atoms with Gasteiger partial charge in [-0.05, 0) is 49.9 Å². The van der Waals surface area contributed by atoms with Gasteiger partial charge in [-0.1, -0.05) is 0 Å². The van der Waals surface area contributed by atoms with E-state index >= 15 is 0 Å². The highest BCUT2D eigenvalue weighted by Gasteiger charge is 2.31. The molecule has 0 saturated heterocycles. The normalized spacial score (nSPS) is 21.0. The lowest BCUT2D eigenvalue weighted by molar-refractivity contribution is 0.0944. The zero-order valence-electron chi connectivity index (χ0n) is 12.7. The Balaban J connectivity index is 1.86. The fourth-order valence-electron chi connectivity index (χ4n) is 2.58. The molecular formula is C14H19N3O6S. The van der Waals surface area contributed by atoms with E-state index in [0.717, 1.165) is 0 Å². The van der Waals surface area contributed by atoms with Crippen molar-refractivity contribution < 1.29 is 28.2 Å². The Morgan fingerprint density at radius 3 is 2.17 bits per heavy atom.